The van der Waals surface area contributed by atoms with Crippen molar-refractivity contribution >= 4 is 17.8 Å². The van der Waals surface area contributed by atoms with Gasteiger partial charge in [0.2, 0.25) is 5.91 Å². The van der Waals surface area contributed by atoms with E-state index in [2.05, 4.69) is 21.3 Å². The summed E-state index contributed by atoms with van der Waals surface area (Å²) in [5.41, 5.74) is 1.34. The molecule has 0 aliphatic rings. The van der Waals surface area contributed by atoms with Gasteiger partial charge in [-0.1, -0.05) is 12.1 Å². The minimum atomic E-state index is -0.312. The van der Waals surface area contributed by atoms with Gasteiger partial charge in [-0.15, -0.1) is 0 Å². The standard InChI is InChI=1S/C16H24N4O3/c1-4-17-14(21)10-18-15(22)13-7-5-12(6-8-13)9-19-16(23)20-11(2)3/h5-8,11H,4,9-10H2,1-3H3,(H,17,21)(H,18,22)(H2,19,20,23). The van der Waals surface area contributed by atoms with Crippen molar-refractivity contribution in [3.63, 3.8) is 0 Å². The van der Waals surface area contributed by atoms with Crippen LogP contribution in [-0.2, 0) is 11.3 Å². The molecule has 0 aliphatic carbocycles. The Morgan fingerprint density at radius 3 is 2.22 bits per heavy atom. The predicted octanol–water partition coefficient (Wildman–Crippen LogP) is 0.760. The van der Waals surface area contributed by atoms with Gasteiger partial charge in [0.25, 0.3) is 5.91 Å². The van der Waals surface area contributed by atoms with Crippen molar-refractivity contribution < 1.29 is 14.4 Å². The molecule has 0 aliphatic heterocycles. The van der Waals surface area contributed by atoms with Gasteiger partial charge in [-0.3, -0.25) is 9.59 Å². The van der Waals surface area contributed by atoms with Crippen LogP contribution in [0, 0.1) is 0 Å². The van der Waals surface area contributed by atoms with Gasteiger partial charge in [-0.25, -0.2) is 4.79 Å². The fourth-order valence-electron chi connectivity index (χ4n) is 1.79. The van der Waals surface area contributed by atoms with E-state index in [1.54, 1.807) is 24.3 Å². The number of amides is 4. The summed E-state index contributed by atoms with van der Waals surface area (Å²) in [6, 6.07) is 6.68. The van der Waals surface area contributed by atoms with E-state index < -0.39 is 0 Å². The summed E-state index contributed by atoms with van der Waals surface area (Å²) in [5, 5.41) is 10.6. The molecule has 0 aromatic heterocycles. The largest absolute Gasteiger partial charge is 0.355 e. The Kier molecular flexibility index (Phi) is 7.59. The summed E-state index contributed by atoms with van der Waals surface area (Å²) in [5.74, 6) is -0.536. The highest BCUT2D eigenvalue weighted by atomic mass is 16.2. The van der Waals surface area contributed by atoms with Crippen molar-refractivity contribution in [1.29, 1.82) is 0 Å². The number of benzene rings is 1. The monoisotopic (exact) mass is 320 g/mol. The zero-order valence-electron chi connectivity index (χ0n) is 13.7. The topological polar surface area (TPSA) is 99.3 Å². The first-order valence-electron chi connectivity index (χ1n) is 7.60. The number of likely N-dealkylation sites (N-methyl/N-ethyl adjacent to an activating group) is 1. The third-order valence-electron chi connectivity index (χ3n) is 2.87. The molecule has 0 unspecified atom stereocenters. The summed E-state index contributed by atoms with van der Waals surface area (Å²) in [4.78, 5) is 34.6. The van der Waals surface area contributed by atoms with E-state index in [-0.39, 0.29) is 30.4 Å². The Morgan fingerprint density at radius 2 is 1.65 bits per heavy atom. The van der Waals surface area contributed by atoms with Crippen molar-refractivity contribution in [2.45, 2.75) is 33.4 Å². The van der Waals surface area contributed by atoms with Crippen molar-refractivity contribution in [2.24, 2.45) is 0 Å². The Morgan fingerprint density at radius 1 is 1.00 bits per heavy atom. The highest BCUT2D eigenvalue weighted by Crippen LogP contribution is 2.04. The molecular weight excluding hydrogens is 296 g/mol. The van der Waals surface area contributed by atoms with Crippen molar-refractivity contribution in [3.05, 3.63) is 35.4 Å². The van der Waals surface area contributed by atoms with Crippen LogP contribution in [0.25, 0.3) is 0 Å². The van der Waals surface area contributed by atoms with E-state index in [1.807, 2.05) is 20.8 Å². The zero-order valence-corrected chi connectivity index (χ0v) is 13.7. The first-order valence-corrected chi connectivity index (χ1v) is 7.60. The third-order valence-corrected chi connectivity index (χ3v) is 2.87. The first kappa shape index (κ1) is 18.5. The van der Waals surface area contributed by atoms with E-state index >= 15 is 0 Å². The number of rotatable bonds is 7. The number of hydrogen-bond donors (Lipinski definition) is 4. The molecule has 4 amide bonds. The SMILES string of the molecule is CCNC(=O)CNC(=O)c1ccc(CNC(=O)NC(C)C)cc1. The van der Waals surface area contributed by atoms with Crippen LogP contribution in [0.2, 0.25) is 0 Å². The van der Waals surface area contributed by atoms with Crippen LogP contribution < -0.4 is 21.3 Å². The lowest BCUT2D eigenvalue weighted by molar-refractivity contribution is -0.120. The van der Waals surface area contributed by atoms with Crippen molar-refractivity contribution in [1.82, 2.24) is 21.3 Å². The summed E-state index contributed by atoms with van der Waals surface area (Å²) >= 11 is 0. The van der Waals surface area contributed by atoms with Crippen molar-refractivity contribution in [3.8, 4) is 0 Å². The molecule has 4 N–H and O–H groups in total. The number of nitrogens with one attached hydrogen (secondary N) is 4. The molecule has 1 rings (SSSR count). The van der Waals surface area contributed by atoms with Gasteiger partial charge >= 0.3 is 6.03 Å². The molecule has 1 aromatic rings. The minimum absolute atomic E-state index is 0.0502. The molecule has 0 radical (unpaired) electrons. The van der Waals surface area contributed by atoms with Crippen LogP contribution in [0.15, 0.2) is 24.3 Å². The van der Waals surface area contributed by atoms with Gasteiger partial charge < -0.3 is 21.3 Å². The maximum Gasteiger partial charge on any atom is 0.315 e. The van der Waals surface area contributed by atoms with Gasteiger partial charge in [-0.2, -0.15) is 0 Å². The predicted molar refractivity (Wildman–Crippen MR) is 88.0 cm³/mol. The number of carbonyl (C=O) groups excluding carboxylic acids is 3. The lowest BCUT2D eigenvalue weighted by Gasteiger charge is -2.10. The Hall–Kier alpha value is -2.57. The van der Waals surface area contributed by atoms with E-state index in [4.69, 9.17) is 0 Å². The molecule has 0 spiro atoms. The fraction of sp³-hybridized carbons (Fsp3) is 0.438. The van der Waals surface area contributed by atoms with Gasteiger partial charge in [0.1, 0.15) is 0 Å². The molecule has 0 atom stereocenters. The Labute approximate surface area is 136 Å². The van der Waals surface area contributed by atoms with Gasteiger partial charge in [0, 0.05) is 24.7 Å². The number of carbonyl (C=O) groups is 3. The molecule has 126 valence electrons. The molecule has 0 bridgehead atoms. The van der Waals surface area contributed by atoms with Crippen LogP contribution in [0.5, 0.6) is 0 Å². The van der Waals surface area contributed by atoms with Crippen molar-refractivity contribution in [2.75, 3.05) is 13.1 Å². The minimum Gasteiger partial charge on any atom is -0.355 e. The highest BCUT2D eigenvalue weighted by Gasteiger charge is 2.08. The van der Waals surface area contributed by atoms with Crippen LogP contribution in [0.4, 0.5) is 4.79 Å². The summed E-state index contributed by atoms with van der Waals surface area (Å²) in [6.07, 6.45) is 0. The maximum absolute atomic E-state index is 11.9. The van der Waals surface area contributed by atoms with Crippen LogP contribution in [-0.4, -0.2) is 37.0 Å². The average Bonchev–Trinajstić information content (AvgIpc) is 2.51. The molecule has 0 saturated heterocycles. The number of urea groups is 1. The van der Waals surface area contributed by atoms with Gasteiger partial charge in [-0.05, 0) is 38.5 Å². The first-order chi connectivity index (χ1) is 10.9. The van der Waals surface area contributed by atoms with Crippen LogP contribution >= 0.6 is 0 Å². The normalized spacial score (nSPS) is 10.1. The van der Waals surface area contributed by atoms with E-state index in [0.29, 0.717) is 18.7 Å². The van der Waals surface area contributed by atoms with Gasteiger partial charge in [0.05, 0.1) is 6.54 Å². The second-order valence-corrected chi connectivity index (χ2v) is 5.31. The molecule has 0 heterocycles. The second-order valence-electron chi connectivity index (χ2n) is 5.31. The molecule has 7 heteroatoms. The molecule has 23 heavy (non-hydrogen) atoms. The lowest BCUT2D eigenvalue weighted by atomic mass is 10.1. The zero-order chi connectivity index (χ0) is 17.2. The van der Waals surface area contributed by atoms with E-state index in [0.717, 1.165) is 5.56 Å². The fourth-order valence-corrected chi connectivity index (χ4v) is 1.79. The van der Waals surface area contributed by atoms with E-state index in [1.165, 1.54) is 0 Å². The van der Waals surface area contributed by atoms with Crippen LogP contribution in [0.3, 0.4) is 0 Å². The maximum atomic E-state index is 11.9. The quantitative estimate of drug-likeness (QED) is 0.597. The summed E-state index contributed by atoms with van der Waals surface area (Å²) in [7, 11) is 0. The Balaban J connectivity index is 2.44. The van der Waals surface area contributed by atoms with Gasteiger partial charge in [0.15, 0.2) is 0 Å². The second kappa shape index (κ2) is 9.45. The van der Waals surface area contributed by atoms with E-state index in [9.17, 15) is 14.4 Å². The molecule has 7 nitrogen and oxygen atoms in total. The summed E-state index contributed by atoms with van der Waals surface area (Å²) in [6.45, 7) is 6.43. The molecule has 0 fully saturated rings. The van der Waals surface area contributed by atoms with Crippen LogP contribution in [0.1, 0.15) is 36.7 Å². The smallest absolute Gasteiger partial charge is 0.315 e. The molecular formula is C16H24N4O3. The summed E-state index contributed by atoms with van der Waals surface area (Å²) < 4.78 is 0. The number of hydrogen-bond acceptors (Lipinski definition) is 3. The average molecular weight is 320 g/mol. The lowest BCUT2D eigenvalue weighted by Crippen LogP contribution is -2.39. The third kappa shape index (κ3) is 7.30. The molecule has 1 aromatic carbocycles. The molecule has 0 saturated carbocycles. The Bertz CT molecular complexity index is 541. The highest BCUT2D eigenvalue weighted by molar-refractivity contribution is 5.96.